The number of aliphatic hydroxyl groups excluding tert-OH is 1. The van der Waals surface area contributed by atoms with E-state index in [1.54, 1.807) is 4.90 Å². The van der Waals surface area contributed by atoms with Crippen LogP contribution >= 0.6 is 0 Å². The van der Waals surface area contributed by atoms with Crippen LogP contribution in [0.4, 0.5) is 4.79 Å². The first kappa shape index (κ1) is 23.2. The first-order valence-corrected chi connectivity index (χ1v) is 10.6. The van der Waals surface area contributed by atoms with Crippen LogP contribution in [0.2, 0.25) is 0 Å². The molecule has 1 N–H and O–H groups in total. The average Bonchev–Trinajstić information content (AvgIpc) is 2.62. The monoisotopic (exact) mass is 371 g/mol. The molecule has 0 bridgehead atoms. The number of likely N-dealkylation sites (tertiary alicyclic amines) is 1. The van der Waals surface area contributed by atoms with Crippen LogP contribution in [0.15, 0.2) is 0 Å². The molecule has 0 aromatic rings. The molecule has 26 heavy (non-hydrogen) atoms. The lowest BCUT2D eigenvalue weighted by Crippen LogP contribution is -2.43. The van der Waals surface area contributed by atoms with E-state index in [-0.39, 0.29) is 6.09 Å². The molecule has 154 valence electrons. The summed E-state index contributed by atoms with van der Waals surface area (Å²) in [4.78, 5) is 13.6. The number of amides is 1. The Labute approximate surface area is 160 Å². The van der Waals surface area contributed by atoms with E-state index in [1.807, 2.05) is 20.8 Å². The second kappa shape index (κ2) is 12.6. The first-order valence-electron chi connectivity index (χ1n) is 10.6. The van der Waals surface area contributed by atoms with Gasteiger partial charge in [-0.1, -0.05) is 32.6 Å². The quantitative estimate of drug-likeness (QED) is 0.708. The molecule has 1 saturated heterocycles. The summed E-state index contributed by atoms with van der Waals surface area (Å²) >= 11 is 0. The van der Waals surface area contributed by atoms with Crippen molar-refractivity contribution in [1.29, 1.82) is 0 Å². The van der Waals surface area contributed by atoms with E-state index in [0.717, 1.165) is 45.4 Å². The molecule has 5 nitrogen and oxygen atoms in total. The van der Waals surface area contributed by atoms with Crippen molar-refractivity contribution in [3.05, 3.63) is 0 Å². The lowest BCUT2D eigenvalue weighted by atomic mass is 9.90. The standard InChI is InChI=1S/C14H27NO3.C7H14O/c1-5-6-11-17-12-7-9-15(10-8-12)13(16)18-14(2,3)4;8-6-7-4-2-1-3-5-7/h12H,5-11H2,1-4H3;7-8H,1-6H2. The largest absolute Gasteiger partial charge is 0.444 e. The number of ether oxygens (including phenoxy) is 2. The molecule has 0 atom stereocenters. The lowest BCUT2D eigenvalue weighted by Gasteiger charge is -2.33. The Bertz CT molecular complexity index is 367. The Hall–Kier alpha value is -0.810. The molecule has 0 radical (unpaired) electrons. The van der Waals surface area contributed by atoms with Gasteiger partial charge in [0.15, 0.2) is 0 Å². The third kappa shape index (κ3) is 10.4. The Kier molecular flexibility index (Phi) is 11.2. The number of nitrogens with zero attached hydrogens (tertiary/aromatic N) is 1. The Morgan fingerprint density at radius 2 is 1.69 bits per heavy atom. The van der Waals surface area contributed by atoms with E-state index >= 15 is 0 Å². The number of piperidine rings is 1. The third-order valence-corrected chi connectivity index (χ3v) is 4.93. The van der Waals surface area contributed by atoms with Gasteiger partial charge in [-0.05, 0) is 58.8 Å². The van der Waals surface area contributed by atoms with Crippen molar-refractivity contribution >= 4 is 6.09 Å². The van der Waals surface area contributed by atoms with Crippen LogP contribution in [0, 0.1) is 5.92 Å². The van der Waals surface area contributed by atoms with E-state index in [0.29, 0.717) is 18.6 Å². The zero-order chi connectivity index (χ0) is 19.4. The maximum absolute atomic E-state index is 11.8. The van der Waals surface area contributed by atoms with Crippen LogP contribution in [0.3, 0.4) is 0 Å². The molecule has 0 spiro atoms. The van der Waals surface area contributed by atoms with E-state index in [1.165, 1.54) is 32.1 Å². The summed E-state index contributed by atoms with van der Waals surface area (Å²) in [6, 6.07) is 0. The SMILES string of the molecule is CCCCOC1CCN(C(=O)OC(C)(C)C)CC1.OCC1CCCCC1. The van der Waals surface area contributed by atoms with Gasteiger partial charge in [0.1, 0.15) is 5.60 Å². The second-order valence-electron chi connectivity index (χ2n) is 8.58. The summed E-state index contributed by atoms with van der Waals surface area (Å²) in [5, 5.41) is 8.69. The van der Waals surface area contributed by atoms with E-state index < -0.39 is 5.60 Å². The molecule has 0 unspecified atom stereocenters. The highest BCUT2D eigenvalue weighted by atomic mass is 16.6. The zero-order valence-corrected chi connectivity index (χ0v) is 17.5. The number of hydrogen-bond acceptors (Lipinski definition) is 4. The first-order chi connectivity index (χ1) is 12.4. The predicted octanol–water partition coefficient (Wildman–Crippen LogP) is 4.76. The minimum atomic E-state index is -0.411. The van der Waals surface area contributed by atoms with Crippen molar-refractivity contribution in [2.45, 2.75) is 97.2 Å². The average molecular weight is 372 g/mol. The predicted molar refractivity (Wildman–Crippen MR) is 105 cm³/mol. The highest BCUT2D eigenvalue weighted by Crippen LogP contribution is 2.22. The summed E-state index contributed by atoms with van der Waals surface area (Å²) in [5.74, 6) is 0.642. The van der Waals surface area contributed by atoms with Gasteiger partial charge in [-0.15, -0.1) is 0 Å². The van der Waals surface area contributed by atoms with Crippen molar-refractivity contribution in [3.63, 3.8) is 0 Å². The van der Waals surface area contributed by atoms with Crippen LogP contribution in [-0.2, 0) is 9.47 Å². The minimum absolute atomic E-state index is 0.200. The Morgan fingerprint density at radius 3 is 2.15 bits per heavy atom. The van der Waals surface area contributed by atoms with Gasteiger partial charge in [-0.3, -0.25) is 0 Å². The Balaban J connectivity index is 0.000000350. The lowest BCUT2D eigenvalue weighted by molar-refractivity contribution is -0.0118. The molecule has 1 saturated carbocycles. The fourth-order valence-corrected chi connectivity index (χ4v) is 3.30. The molecule has 2 rings (SSSR count). The van der Waals surface area contributed by atoms with Crippen LogP contribution in [0.5, 0.6) is 0 Å². The third-order valence-electron chi connectivity index (χ3n) is 4.93. The number of carbonyl (C=O) groups excluding carboxylic acids is 1. The number of aliphatic hydroxyl groups is 1. The van der Waals surface area contributed by atoms with Gasteiger partial charge >= 0.3 is 6.09 Å². The topological polar surface area (TPSA) is 59.0 Å². The van der Waals surface area contributed by atoms with Crippen molar-refractivity contribution in [3.8, 4) is 0 Å². The van der Waals surface area contributed by atoms with E-state index in [9.17, 15) is 4.79 Å². The van der Waals surface area contributed by atoms with Crippen LogP contribution in [-0.4, -0.2) is 54.1 Å². The van der Waals surface area contributed by atoms with Gasteiger partial charge in [0, 0.05) is 26.3 Å². The fourth-order valence-electron chi connectivity index (χ4n) is 3.30. The summed E-state index contributed by atoms with van der Waals surface area (Å²) in [6.07, 6.45) is 10.8. The van der Waals surface area contributed by atoms with Gasteiger partial charge in [-0.25, -0.2) is 4.79 Å². The van der Waals surface area contributed by atoms with Gasteiger partial charge in [-0.2, -0.15) is 0 Å². The number of unbranched alkanes of at least 4 members (excludes halogenated alkanes) is 1. The molecule has 2 aliphatic rings. The maximum atomic E-state index is 11.8. The molecule has 2 fully saturated rings. The fraction of sp³-hybridized carbons (Fsp3) is 0.952. The normalized spacial score (nSPS) is 19.7. The minimum Gasteiger partial charge on any atom is -0.444 e. The smallest absolute Gasteiger partial charge is 0.410 e. The van der Waals surface area contributed by atoms with Crippen LogP contribution in [0.1, 0.15) is 85.5 Å². The summed E-state index contributed by atoms with van der Waals surface area (Å²) < 4.78 is 11.1. The second-order valence-corrected chi connectivity index (χ2v) is 8.58. The molecule has 0 aromatic heterocycles. The van der Waals surface area contributed by atoms with Crippen LogP contribution in [0.25, 0.3) is 0 Å². The van der Waals surface area contributed by atoms with Gasteiger partial charge < -0.3 is 19.5 Å². The van der Waals surface area contributed by atoms with E-state index in [2.05, 4.69) is 6.92 Å². The molecule has 1 amide bonds. The Morgan fingerprint density at radius 1 is 1.08 bits per heavy atom. The molecule has 1 heterocycles. The molecule has 1 aliphatic carbocycles. The van der Waals surface area contributed by atoms with Gasteiger partial charge in [0.25, 0.3) is 0 Å². The maximum Gasteiger partial charge on any atom is 0.410 e. The van der Waals surface area contributed by atoms with E-state index in [4.69, 9.17) is 14.6 Å². The van der Waals surface area contributed by atoms with Crippen molar-refractivity contribution < 1.29 is 19.4 Å². The van der Waals surface area contributed by atoms with Crippen LogP contribution < -0.4 is 0 Å². The number of rotatable bonds is 5. The summed E-state index contributed by atoms with van der Waals surface area (Å²) in [6.45, 7) is 10.6. The number of hydrogen-bond donors (Lipinski definition) is 1. The zero-order valence-electron chi connectivity index (χ0n) is 17.5. The summed E-state index contributed by atoms with van der Waals surface area (Å²) in [5.41, 5.74) is -0.411. The summed E-state index contributed by atoms with van der Waals surface area (Å²) in [7, 11) is 0. The molecule has 1 aliphatic heterocycles. The van der Waals surface area contributed by atoms with Crippen molar-refractivity contribution in [2.75, 3.05) is 26.3 Å². The van der Waals surface area contributed by atoms with Crippen molar-refractivity contribution in [1.82, 2.24) is 4.90 Å². The highest BCUT2D eigenvalue weighted by Gasteiger charge is 2.26. The highest BCUT2D eigenvalue weighted by molar-refractivity contribution is 5.68. The van der Waals surface area contributed by atoms with Gasteiger partial charge in [0.05, 0.1) is 6.10 Å². The van der Waals surface area contributed by atoms with Gasteiger partial charge in [0.2, 0.25) is 0 Å². The molecule has 5 heteroatoms. The molecule has 0 aromatic carbocycles. The molecular weight excluding hydrogens is 330 g/mol. The molecular formula is C21H41NO4. The number of carbonyl (C=O) groups is 1. The van der Waals surface area contributed by atoms with Crippen molar-refractivity contribution in [2.24, 2.45) is 5.92 Å².